The molecule has 4 rings (SSSR count). The summed E-state index contributed by atoms with van der Waals surface area (Å²) in [5.41, 5.74) is 1.81. The summed E-state index contributed by atoms with van der Waals surface area (Å²) in [6.07, 6.45) is 5.99. The molecule has 1 saturated carbocycles. The fourth-order valence-corrected chi connectivity index (χ4v) is 5.46. The van der Waals surface area contributed by atoms with E-state index in [-0.39, 0.29) is 11.4 Å². The van der Waals surface area contributed by atoms with Crippen LogP contribution in [-0.2, 0) is 14.3 Å². The molecule has 28 heavy (non-hydrogen) atoms. The van der Waals surface area contributed by atoms with Crippen LogP contribution < -0.4 is 4.90 Å². The van der Waals surface area contributed by atoms with Gasteiger partial charge >= 0.3 is 5.97 Å². The number of aromatic nitrogens is 1. The van der Waals surface area contributed by atoms with E-state index < -0.39 is 0 Å². The molecule has 0 N–H and O–H groups in total. The maximum atomic E-state index is 13.2. The second-order valence-electron chi connectivity index (χ2n) is 8.52. The van der Waals surface area contributed by atoms with Gasteiger partial charge in [-0.25, -0.2) is 0 Å². The maximum Gasteiger partial charge on any atom is 0.314 e. The highest BCUT2D eigenvalue weighted by atomic mass is 16.5. The maximum absolute atomic E-state index is 13.2. The lowest BCUT2D eigenvalue weighted by Gasteiger charge is -2.53. The van der Waals surface area contributed by atoms with Crippen LogP contribution in [0.4, 0.5) is 5.69 Å². The van der Waals surface area contributed by atoms with Crippen LogP contribution in [0.3, 0.4) is 0 Å². The van der Waals surface area contributed by atoms with Gasteiger partial charge in [0.25, 0.3) is 0 Å². The first-order chi connectivity index (χ1) is 13.6. The van der Waals surface area contributed by atoms with E-state index in [2.05, 4.69) is 26.9 Å². The molecule has 0 aromatic carbocycles. The van der Waals surface area contributed by atoms with Gasteiger partial charge < -0.3 is 14.4 Å². The van der Waals surface area contributed by atoms with Crippen LogP contribution in [0.2, 0.25) is 0 Å². The molecule has 6 nitrogen and oxygen atoms in total. The van der Waals surface area contributed by atoms with Crippen LogP contribution in [0.5, 0.6) is 0 Å². The molecule has 2 saturated heterocycles. The highest BCUT2D eigenvalue weighted by molar-refractivity contribution is 5.79. The van der Waals surface area contributed by atoms with Crippen molar-refractivity contribution in [1.82, 2.24) is 9.88 Å². The van der Waals surface area contributed by atoms with Gasteiger partial charge in [0.2, 0.25) is 0 Å². The number of ether oxygens (including phenoxy) is 2. The molecule has 0 spiro atoms. The van der Waals surface area contributed by atoms with Crippen LogP contribution in [-0.4, -0.2) is 67.9 Å². The SMILES string of the molecule is CCOC(=O)[C@@]12CC[C@@H](N3CCOCC3)C[C@H]1CCN(c1ccnc(C)c1)C2. The van der Waals surface area contributed by atoms with E-state index in [0.29, 0.717) is 18.6 Å². The van der Waals surface area contributed by atoms with Gasteiger partial charge in [-0.2, -0.15) is 0 Å². The number of esters is 1. The number of hydrogen-bond acceptors (Lipinski definition) is 6. The smallest absolute Gasteiger partial charge is 0.314 e. The number of fused-ring (bicyclic) bond motifs is 1. The zero-order valence-corrected chi connectivity index (χ0v) is 17.2. The minimum Gasteiger partial charge on any atom is -0.466 e. The predicted molar refractivity (Wildman–Crippen MR) is 108 cm³/mol. The number of anilines is 1. The number of carbonyl (C=O) groups is 1. The lowest BCUT2D eigenvalue weighted by molar-refractivity contribution is -0.164. The molecule has 2 aliphatic heterocycles. The highest BCUT2D eigenvalue weighted by Crippen LogP contribution is 2.49. The zero-order valence-electron chi connectivity index (χ0n) is 17.2. The van der Waals surface area contributed by atoms with Crippen LogP contribution in [0, 0.1) is 18.3 Å². The Morgan fingerprint density at radius 2 is 2.14 bits per heavy atom. The Hall–Kier alpha value is -1.66. The first-order valence-electron chi connectivity index (χ1n) is 10.8. The second kappa shape index (κ2) is 8.37. The minimum absolute atomic E-state index is 0.0101. The monoisotopic (exact) mass is 387 g/mol. The molecule has 6 heteroatoms. The van der Waals surface area contributed by atoms with Crippen molar-refractivity contribution in [3.05, 3.63) is 24.0 Å². The number of piperidine rings is 1. The van der Waals surface area contributed by atoms with Crippen molar-refractivity contribution >= 4 is 11.7 Å². The molecule has 0 radical (unpaired) electrons. The summed E-state index contributed by atoms with van der Waals surface area (Å²) in [5.74, 6) is 0.406. The Labute approximate surface area is 168 Å². The van der Waals surface area contributed by atoms with Gasteiger partial charge in [-0.1, -0.05) is 0 Å². The van der Waals surface area contributed by atoms with Crippen molar-refractivity contribution in [2.45, 2.75) is 45.6 Å². The van der Waals surface area contributed by atoms with E-state index in [9.17, 15) is 4.79 Å². The van der Waals surface area contributed by atoms with Crippen LogP contribution in [0.1, 0.15) is 38.3 Å². The Morgan fingerprint density at radius 3 is 2.89 bits per heavy atom. The fraction of sp³-hybridized carbons (Fsp3) is 0.727. The molecule has 0 bridgehead atoms. The van der Waals surface area contributed by atoms with Crippen molar-refractivity contribution in [2.75, 3.05) is 50.9 Å². The number of carbonyl (C=O) groups excluding carboxylic acids is 1. The molecule has 0 unspecified atom stereocenters. The van der Waals surface area contributed by atoms with Gasteiger partial charge in [0.05, 0.1) is 25.2 Å². The number of nitrogens with zero attached hydrogens (tertiary/aromatic N) is 3. The van der Waals surface area contributed by atoms with Gasteiger partial charge in [-0.05, 0) is 57.6 Å². The quantitative estimate of drug-likeness (QED) is 0.741. The zero-order chi connectivity index (χ0) is 19.6. The van der Waals surface area contributed by atoms with Crippen LogP contribution >= 0.6 is 0 Å². The summed E-state index contributed by atoms with van der Waals surface area (Å²) in [7, 11) is 0. The standard InChI is InChI=1S/C22H33N3O3/c1-3-28-21(26)22-7-4-19(24-10-12-27-13-11-24)15-18(22)6-9-25(16-22)20-5-8-23-17(2)14-20/h5,8,14,18-19H,3-4,6-7,9-13,15-16H2,1-2H3/t18-,19-,22-/m1/s1. The van der Waals surface area contributed by atoms with Crippen LogP contribution in [0.15, 0.2) is 18.3 Å². The third kappa shape index (κ3) is 3.77. The van der Waals surface area contributed by atoms with E-state index in [1.807, 2.05) is 20.0 Å². The third-order valence-corrected chi connectivity index (χ3v) is 6.97. The highest BCUT2D eigenvalue weighted by Gasteiger charge is 2.53. The van der Waals surface area contributed by atoms with E-state index in [0.717, 1.165) is 70.8 Å². The Bertz CT molecular complexity index is 691. The van der Waals surface area contributed by atoms with Gasteiger partial charge in [0.1, 0.15) is 0 Å². The Morgan fingerprint density at radius 1 is 1.32 bits per heavy atom. The van der Waals surface area contributed by atoms with E-state index >= 15 is 0 Å². The molecule has 3 aliphatic rings. The van der Waals surface area contributed by atoms with Crippen molar-refractivity contribution in [3.63, 3.8) is 0 Å². The van der Waals surface area contributed by atoms with Gasteiger partial charge in [-0.15, -0.1) is 0 Å². The molecule has 3 heterocycles. The number of rotatable bonds is 4. The van der Waals surface area contributed by atoms with Crippen LogP contribution in [0.25, 0.3) is 0 Å². The molecule has 0 amide bonds. The molecule has 1 aromatic heterocycles. The Kier molecular flexibility index (Phi) is 5.88. The normalized spacial score (nSPS) is 31.3. The summed E-state index contributed by atoms with van der Waals surface area (Å²) in [6.45, 7) is 9.84. The van der Waals surface area contributed by atoms with Gasteiger partial charge in [0.15, 0.2) is 0 Å². The Balaban J connectivity index is 1.55. The molecule has 3 atom stereocenters. The summed E-state index contributed by atoms with van der Waals surface area (Å²) in [4.78, 5) is 22.5. The number of aryl methyl sites for hydroxylation is 1. The number of morpholine rings is 1. The number of pyridine rings is 1. The first kappa shape index (κ1) is 19.6. The molecule has 1 aliphatic carbocycles. The average Bonchev–Trinajstić information content (AvgIpc) is 2.73. The average molecular weight is 388 g/mol. The predicted octanol–water partition coefficient (Wildman–Crippen LogP) is 2.65. The van der Waals surface area contributed by atoms with Crippen molar-refractivity contribution < 1.29 is 14.3 Å². The topological polar surface area (TPSA) is 54.9 Å². The first-order valence-corrected chi connectivity index (χ1v) is 10.8. The molecule has 3 fully saturated rings. The van der Waals surface area contributed by atoms with Gasteiger partial charge in [0, 0.05) is 49.8 Å². The molecule has 154 valence electrons. The van der Waals surface area contributed by atoms with E-state index in [1.165, 1.54) is 5.69 Å². The van der Waals surface area contributed by atoms with Crippen molar-refractivity contribution in [2.24, 2.45) is 11.3 Å². The lowest BCUT2D eigenvalue weighted by Crippen LogP contribution is -2.59. The van der Waals surface area contributed by atoms with Crippen molar-refractivity contribution in [3.8, 4) is 0 Å². The van der Waals surface area contributed by atoms with E-state index in [4.69, 9.17) is 9.47 Å². The number of hydrogen-bond donors (Lipinski definition) is 0. The van der Waals surface area contributed by atoms with E-state index in [1.54, 1.807) is 0 Å². The summed E-state index contributed by atoms with van der Waals surface area (Å²) in [5, 5.41) is 0. The molecular weight excluding hydrogens is 354 g/mol. The minimum atomic E-state index is -0.381. The summed E-state index contributed by atoms with van der Waals surface area (Å²) >= 11 is 0. The molecular formula is C22H33N3O3. The largest absolute Gasteiger partial charge is 0.466 e. The third-order valence-electron chi connectivity index (χ3n) is 6.97. The van der Waals surface area contributed by atoms with Gasteiger partial charge in [-0.3, -0.25) is 14.7 Å². The summed E-state index contributed by atoms with van der Waals surface area (Å²) in [6, 6.07) is 4.76. The second-order valence-corrected chi connectivity index (χ2v) is 8.52. The van der Waals surface area contributed by atoms with Crippen molar-refractivity contribution in [1.29, 1.82) is 0 Å². The lowest BCUT2D eigenvalue weighted by atomic mass is 9.61. The molecule has 1 aromatic rings. The fourth-order valence-electron chi connectivity index (χ4n) is 5.46. The summed E-state index contributed by atoms with van der Waals surface area (Å²) < 4.78 is 11.2.